The maximum atomic E-state index is 11.9. The number of rotatable bonds is 4. The fourth-order valence-corrected chi connectivity index (χ4v) is 3.21. The number of nitrogens with zero attached hydrogens (tertiary/aromatic N) is 3. The molecule has 0 unspecified atom stereocenters. The number of carbonyl (C=O) groups excluding carboxylic acids is 1. The van der Waals surface area contributed by atoms with Crippen LogP contribution in [0.15, 0.2) is 36.5 Å². The number of hydrogen-bond donors (Lipinski definition) is 2. The Morgan fingerprint density at radius 2 is 2.14 bits per heavy atom. The Bertz CT molecular complexity index is 624. The maximum absolute atomic E-state index is 11.9. The molecule has 0 saturated heterocycles. The van der Waals surface area contributed by atoms with Gasteiger partial charge in [-0.3, -0.25) is 10.00 Å². The normalized spacial score (nSPS) is 20.8. The Morgan fingerprint density at radius 3 is 2.86 bits per heavy atom. The molecule has 1 heterocycles. The molecule has 6 nitrogen and oxygen atoms in total. The van der Waals surface area contributed by atoms with Gasteiger partial charge in [-0.1, -0.05) is 42.0 Å². The minimum absolute atomic E-state index is 0.223. The second-order valence-corrected chi connectivity index (χ2v) is 5.82. The summed E-state index contributed by atoms with van der Waals surface area (Å²) < 4.78 is 1.55. The minimum Gasteiger partial charge on any atom is -0.338 e. The summed E-state index contributed by atoms with van der Waals surface area (Å²) in [5, 5.41) is 13.3. The number of aryl methyl sites for hydroxylation is 1. The minimum atomic E-state index is -0.223. The quantitative estimate of drug-likeness (QED) is 0.911. The number of amides is 2. The van der Waals surface area contributed by atoms with Crippen LogP contribution in [0.4, 0.5) is 10.6 Å². The predicted octanol–water partition coefficient (Wildman–Crippen LogP) is 2.52. The van der Waals surface area contributed by atoms with Crippen LogP contribution in [0.25, 0.3) is 0 Å². The van der Waals surface area contributed by atoms with Gasteiger partial charge in [-0.15, -0.1) is 5.10 Å². The highest BCUT2D eigenvalue weighted by molar-refractivity contribution is 5.87. The molecule has 1 aromatic carbocycles. The number of carbonyl (C=O) groups is 1. The SMILES string of the molecule is Cn1cc(NC(=O)NC[C@H]2CCC[C@H]2c2ccccc2)nn1. The Kier molecular flexibility index (Phi) is 4.37. The third-order valence-electron chi connectivity index (χ3n) is 4.26. The number of hydrogen-bond acceptors (Lipinski definition) is 3. The van der Waals surface area contributed by atoms with Gasteiger partial charge < -0.3 is 5.32 Å². The fraction of sp³-hybridized carbons (Fsp3) is 0.438. The first-order valence-electron chi connectivity index (χ1n) is 7.68. The van der Waals surface area contributed by atoms with E-state index in [4.69, 9.17) is 0 Å². The molecule has 22 heavy (non-hydrogen) atoms. The number of urea groups is 1. The van der Waals surface area contributed by atoms with Crippen LogP contribution in [0.2, 0.25) is 0 Å². The van der Waals surface area contributed by atoms with Crippen molar-refractivity contribution in [3.63, 3.8) is 0 Å². The summed E-state index contributed by atoms with van der Waals surface area (Å²) in [6.07, 6.45) is 5.24. The van der Waals surface area contributed by atoms with Crippen molar-refractivity contribution in [3.8, 4) is 0 Å². The lowest BCUT2D eigenvalue weighted by Gasteiger charge is -2.20. The van der Waals surface area contributed by atoms with Gasteiger partial charge in [-0.05, 0) is 30.2 Å². The molecule has 1 aliphatic rings. The lowest BCUT2D eigenvalue weighted by molar-refractivity contribution is 0.249. The van der Waals surface area contributed by atoms with Crippen LogP contribution in [0.1, 0.15) is 30.7 Å². The summed E-state index contributed by atoms with van der Waals surface area (Å²) in [4.78, 5) is 11.9. The Labute approximate surface area is 129 Å². The van der Waals surface area contributed by atoms with Crippen molar-refractivity contribution in [1.29, 1.82) is 0 Å². The lowest BCUT2D eigenvalue weighted by Crippen LogP contribution is -2.33. The van der Waals surface area contributed by atoms with Crippen LogP contribution in [-0.2, 0) is 7.05 Å². The van der Waals surface area contributed by atoms with Crippen molar-refractivity contribution in [2.75, 3.05) is 11.9 Å². The molecule has 1 fully saturated rings. The molecule has 6 heteroatoms. The van der Waals surface area contributed by atoms with Crippen LogP contribution in [0.3, 0.4) is 0 Å². The summed E-state index contributed by atoms with van der Waals surface area (Å²) in [7, 11) is 1.76. The van der Waals surface area contributed by atoms with Gasteiger partial charge in [0.25, 0.3) is 0 Å². The number of aromatic nitrogens is 3. The van der Waals surface area contributed by atoms with Crippen molar-refractivity contribution in [3.05, 3.63) is 42.1 Å². The van der Waals surface area contributed by atoms with Crippen molar-refractivity contribution in [2.45, 2.75) is 25.2 Å². The van der Waals surface area contributed by atoms with E-state index in [9.17, 15) is 4.79 Å². The molecular weight excluding hydrogens is 278 g/mol. The topological polar surface area (TPSA) is 71.8 Å². The van der Waals surface area contributed by atoms with Crippen molar-refractivity contribution >= 4 is 11.8 Å². The lowest BCUT2D eigenvalue weighted by atomic mass is 9.89. The van der Waals surface area contributed by atoms with E-state index in [1.54, 1.807) is 17.9 Å². The van der Waals surface area contributed by atoms with Crippen LogP contribution in [0.5, 0.6) is 0 Å². The predicted molar refractivity (Wildman–Crippen MR) is 84.5 cm³/mol. The summed E-state index contributed by atoms with van der Waals surface area (Å²) in [6, 6.07) is 10.3. The zero-order valence-corrected chi connectivity index (χ0v) is 12.7. The highest BCUT2D eigenvalue weighted by Gasteiger charge is 2.28. The van der Waals surface area contributed by atoms with Gasteiger partial charge in [0.05, 0.1) is 6.20 Å². The molecule has 1 saturated carbocycles. The van der Waals surface area contributed by atoms with E-state index in [2.05, 4.69) is 45.2 Å². The van der Waals surface area contributed by atoms with E-state index in [1.807, 2.05) is 6.07 Å². The van der Waals surface area contributed by atoms with E-state index in [-0.39, 0.29) is 6.03 Å². The van der Waals surface area contributed by atoms with E-state index < -0.39 is 0 Å². The second-order valence-electron chi connectivity index (χ2n) is 5.82. The molecule has 1 aliphatic carbocycles. The molecule has 2 amide bonds. The third-order valence-corrected chi connectivity index (χ3v) is 4.26. The van der Waals surface area contributed by atoms with Gasteiger partial charge in [0.2, 0.25) is 0 Å². The third kappa shape index (κ3) is 3.44. The largest absolute Gasteiger partial charge is 0.338 e. The van der Waals surface area contributed by atoms with E-state index in [0.717, 1.165) is 6.42 Å². The standard InChI is InChI=1S/C16H21N5O/c1-21-11-15(19-20-21)18-16(22)17-10-13-8-5-9-14(13)12-6-3-2-4-7-12/h2-4,6-7,11,13-14H,5,8-10H2,1H3,(H2,17,18,22)/t13-,14+/m1/s1. The van der Waals surface area contributed by atoms with Gasteiger partial charge in [-0.2, -0.15) is 0 Å². The highest BCUT2D eigenvalue weighted by Crippen LogP contribution is 2.39. The van der Waals surface area contributed by atoms with E-state index in [0.29, 0.717) is 24.2 Å². The Morgan fingerprint density at radius 1 is 1.32 bits per heavy atom. The molecule has 0 aliphatic heterocycles. The van der Waals surface area contributed by atoms with Gasteiger partial charge in [0.1, 0.15) is 0 Å². The second kappa shape index (κ2) is 6.60. The van der Waals surface area contributed by atoms with Crippen LogP contribution in [-0.4, -0.2) is 27.6 Å². The molecule has 2 N–H and O–H groups in total. The van der Waals surface area contributed by atoms with Gasteiger partial charge in [0, 0.05) is 13.6 Å². The molecule has 116 valence electrons. The smallest absolute Gasteiger partial charge is 0.320 e. The maximum Gasteiger partial charge on any atom is 0.320 e. The average Bonchev–Trinajstić information content (AvgIpc) is 3.15. The molecule has 0 radical (unpaired) electrons. The Hall–Kier alpha value is -2.37. The molecule has 2 atom stereocenters. The van der Waals surface area contributed by atoms with Crippen molar-refractivity contribution in [1.82, 2.24) is 20.3 Å². The van der Waals surface area contributed by atoms with Gasteiger partial charge in [0.15, 0.2) is 5.82 Å². The first kappa shape index (κ1) is 14.6. The number of nitrogens with one attached hydrogen (secondary N) is 2. The summed E-state index contributed by atoms with van der Waals surface area (Å²) in [5.41, 5.74) is 1.38. The highest BCUT2D eigenvalue weighted by atomic mass is 16.2. The van der Waals surface area contributed by atoms with E-state index in [1.165, 1.54) is 18.4 Å². The molecule has 1 aromatic heterocycles. The summed E-state index contributed by atoms with van der Waals surface area (Å²) in [6.45, 7) is 0.686. The fourth-order valence-electron chi connectivity index (χ4n) is 3.21. The molecule has 0 bridgehead atoms. The number of anilines is 1. The molecule has 2 aromatic rings. The number of benzene rings is 1. The molecule has 0 spiro atoms. The summed E-state index contributed by atoms with van der Waals surface area (Å²) >= 11 is 0. The Balaban J connectivity index is 1.53. The monoisotopic (exact) mass is 299 g/mol. The zero-order valence-electron chi connectivity index (χ0n) is 12.7. The first-order chi connectivity index (χ1) is 10.7. The van der Waals surface area contributed by atoms with Crippen molar-refractivity contribution < 1.29 is 4.79 Å². The van der Waals surface area contributed by atoms with Crippen LogP contribution >= 0.6 is 0 Å². The molecular formula is C16H21N5O. The van der Waals surface area contributed by atoms with Crippen molar-refractivity contribution in [2.24, 2.45) is 13.0 Å². The van der Waals surface area contributed by atoms with E-state index >= 15 is 0 Å². The first-order valence-corrected chi connectivity index (χ1v) is 7.68. The van der Waals surface area contributed by atoms with Crippen LogP contribution < -0.4 is 10.6 Å². The van der Waals surface area contributed by atoms with Gasteiger partial charge in [-0.25, -0.2) is 4.79 Å². The van der Waals surface area contributed by atoms with Gasteiger partial charge >= 0.3 is 6.03 Å². The molecule has 3 rings (SSSR count). The zero-order chi connectivity index (χ0) is 15.4. The summed E-state index contributed by atoms with van der Waals surface area (Å²) in [5.74, 6) is 1.50. The average molecular weight is 299 g/mol. The van der Waals surface area contributed by atoms with Crippen LogP contribution in [0, 0.1) is 5.92 Å².